The van der Waals surface area contributed by atoms with Gasteiger partial charge in [0.05, 0.1) is 5.52 Å². The summed E-state index contributed by atoms with van der Waals surface area (Å²) < 4.78 is 0. The molecule has 0 atom stereocenters. The predicted molar refractivity (Wildman–Crippen MR) is 136 cm³/mol. The van der Waals surface area contributed by atoms with Crippen LogP contribution in [0.2, 0.25) is 5.02 Å². The third kappa shape index (κ3) is 5.21. The van der Waals surface area contributed by atoms with E-state index in [4.69, 9.17) is 22.3 Å². The van der Waals surface area contributed by atoms with Crippen LogP contribution in [0.5, 0.6) is 0 Å². The van der Waals surface area contributed by atoms with Crippen molar-refractivity contribution in [3.63, 3.8) is 0 Å². The SMILES string of the molecule is CN(Cc1ccc(N(C)C)cc1)Cc1ccccc1Cc1cc(N)c2ccc(Cl)cc2n1. The lowest BCUT2D eigenvalue weighted by Gasteiger charge is -2.20. The third-order valence-electron chi connectivity index (χ3n) is 5.69. The normalized spacial score (nSPS) is 11.3. The Morgan fingerprint density at radius 3 is 2.28 bits per heavy atom. The zero-order valence-electron chi connectivity index (χ0n) is 18.8. The molecule has 1 aromatic heterocycles. The fourth-order valence-electron chi connectivity index (χ4n) is 4.01. The second-order valence-electron chi connectivity index (χ2n) is 8.54. The molecular weight excluding hydrogens is 416 g/mol. The van der Waals surface area contributed by atoms with Gasteiger partial charge in [-0.15, -0.1) is 0 Å². The number of aromatic nitrogens is 1. The van der Waals surface area contributed by atoms with Crippen molar-refractivity contribution in [3.8, 4) is 0 Å². The number of benzene rings is 3. The van der Waals surface area contributed by atoms with Crippen molar-refractivity contribution in [1.82, 2.24) is 9.88 Å². The second-order valence-corrected chi connectivity index (χ2v) is 8.98. The van der Waals surface area contributed by atoms with Crippen molar-refractivity contribution < 1.29 is 0 Å². The number of nitrogens with two attached hydrogens (primary N) is 1. The first-order valence-electron chi connectivity index (χ1n) is 10.8. The van der Waals surface area contributed by atoms with Gasteiger partial charge in [0.2, 0.25) is 0 Å². The molecule has 0 fully saturated rings. The van der Waals surface area contributed by atoms with Crippen molar-refractivity contribution >= 4 is 33.9 Å². The highest BCUT2D eigenvalue weighted by Gasteiger charge is 2.10. The molecular formula is C27H29ClN4. The molecule has 2 N–H and O–H groups in total. The smallest absolute Gasteiger partial charge is 0.0740 e. The van der Waals surface area contributed by atoms with Crippen LogP contribution in [0.15, 0.2) is 72.8 Å². The van der Waals surface area contributed by atoms with Crippen LogP contribution in [0.25, 0.3) is 10.9 Å². The minimum Gasteiger partial charge on any atom is -0.398 e. The van der Waals surface area contributed by atoms with Crippen molar-refractivity contribution in [3.05, 3.63) is 100 Å². The lowest BCUT2D eigenvalue weighted by molar-refractivity contribution is 0.318. The Hall–Kier alpha value is -3.08. The summed E-state index contributed by atoms with van der Waals surface area (Å²) in [5.74, 6) is 0. The molecule has 4 aromatic rings. The summed E-state index contributed by atoms with van der Waals surface area (Å²) in [5.41, 5.74) is 13.9. The van der Waals surface area contributed by atoms with Gasteiger partial charge in [0.15, 0.2) is 0 Å². The Morgan fingerprint density at radius 1 is 0.844 bits per heavy atom. The first-order chi connectivity index (χ1) is 15.4. The summed E-state index contributed by atoms with van der Waals surface area (Å²) in [5, 5.41) is 1.61. The van der Waals surface area contributed by atoms with Crippen LogP contribution in [0.3, 0.4) is 0 Å². The summed E-state index contributed by atoms with van der Waals surface area (Å²) in [6.45, 7) is 1.75. The van der Waals surface area contributed by atoms with E-state index in [0.717, 1.165) is 41.8 Å². The number of fused-ring (bicyclic) bond motifs is 1. The summed E-state index contributed by atoms with van der Waals surface area (Å²) in [4.78, 5) is 9.28. The van der Waals surface area contributed by atoms with E-state index in [0.29, 0.717) is 5.02 Å². The summed E-state index contributed by atoms with van der Waals surface area (Å²) >= 11 is 6.17. The van der Waals surface area contributed by atoms with Gasteiger partial charge in [-0.05, 0) is 60.1 Å². The zero-order chi connectivity index (χ0) is 22.7. The molecule has 4 nitrogen and oxygen atoms in total. The van der Waals surface area contributed by atoms with Gasteiger partial charge in [0, 0.05) is 61.1 Å². The molecule has 32 heavy (non-hydrogen) atoms. The van der Waals surface area contributed by atoms with Crippen LogP contribution < -0.4 is 10.6 Å². The molecule has 164 valence electrons. The lowest BCUT2D eigenvalue weighted by Crippen LogP contribution is -2.18. The van der Waals surface area contributed by atoms with Gasteiger partial charge < -0.3 is 10.6 Å². The quantitative estimate of drug-likeness (QED) is 0.393. The molecule has 0 amide bonds. The molecule has 0 aliphatic carbocycles. The second kappa shape index (κ2) is 9.60. The van der Waals surface area contributed by atoms with Gasteiger partial charge in [0.25, 0.3) is 0 Å². The molecule has 5 heteroatoms. The van der Waals surface area contributed by atoms with E-state index < -0.39 is 0 Å². The Labute approximate surface area is 195 Å². The van der Waals surface area contributed by atoms with E-state index >= 15 is 0 Å². The average molecular weight is 445 g/mol. The maximum atomic E-state index is 6.30. The predicted octanol–water partition coefficient (Wildman–Crippen LogP) is 5.76. The van der Waals surface area contributed by atoms with E-state index in [2.05, 4.69) is 79.5 Å². The molecule has 1 heterocycles. The molecule has 0 radical (unpaired) electrons. The molecule has 0 aliphatic heterocycles. The molecule has 3 aromatic carbocycles. The molecule has 4 rings (SSSR count). The van der Waals surface area contributed by atoms with E-state index in [9.17, 15) is 0 Å². The van der Waals surface area contributed by atoms with Gasteiger partial charge in [-0.25, -0.2) is 0 Å². The van der Waals surface area contributed by atoms with Gasteiger partial charge in [0.1, 0.15) is 0 Å². The van der Waals surface area contributed by atoms with E-state index in [1.54, 1.807) is 0 Å². The minimum absolute atomic E-state index is 0.669. The van der Waals surface area contributed by atoms with Crippen LogP contribution in [0.4, 0.5) is 11.4 Å². The maximum absolute atomic E-state index is 6.30. The topological polar surface area (TPSA) is 45.4 Å². The molecule has 0 bridgehead atoms. The summed E-state index contributed by atoms with van der Waals surface area (Å²) in [6.07, 6.45) is 0.730. The van der Waals surface area contributed by atoms with Crippen molar-refractivity contribution in [2.24, 2.45) is 0 Å². The Morgan fingerprint density at radius 2 is 1.56 bits per heavy atom. The van der Waals surface area contributed by atoms with Crippen molar-refractivity contribution in [2.75, 3.05) is 31.8 Å². The fraction of sp³-hybridized carbons (Fsp3) is 0.222. The summed E-state index contributed by atoms with van der Waals surface area (Å²) in [6, 6.07) is 24.9. The number of rotatable bonds is 7. The first kappa shape index (κ1) is 22.1. The standard InChI is InChI=1S/C27H29ClN4/c1-31(2)24-11-8-19(9-12-24)17-32(3)18-21-7-5-4-6-20(21)14-23-16-26(29)25-13-10-22(28)15-27(25)30-23/h4-13,15-16H,14,17-18H2,1-3H3,(H2,29,30). The fourth-order valence-corrected chi connectivity index (χ4v) is 4.18. The number of hydrogen-bond donors (Lipinski definition) is 1. The Bertz CT molecular complexity index is 1220. The Kier molecular flexibility index (Phi) is 6.63. The molecule has 0 spiro atoms. The van der Waals surface area contributed by atoms with E-state index in [1.807, 2.05) is 24.3 Å². The van der Waals surface area contributed by atoms with Gasteiger partial charge in [-0.3, -0.25) is 9.88 Å². The highest BCUT2D eigenvalue weighted by Crippen LogP contribution is 2.25. The number of nitrogen functional groups attached to an aromatic ring is 1. The maximum Gasteiger partial charge on any atom is 0.0740 e. The summed E-state index contributed by atoms with van der Waals surface area (Å²) in [7, 11) is 6.28. The Balaban J connectivity index is 1.51. The largest absolute Gasteiger partial charge is 0.398 e. The number of anilines is 2. The minimum atomic E-state index is 0.669. The molecule has 0 saturated heterocycles. The van der Waals surface area contributed by atoms with Crippen LogP contribution in [-0.2, 0) is 19.5 Å². The van der Waals surface area contributed by atoms with E-state index in [1.165, 1.54) is 22.4 Å². The lowest BCUT2D eigenvalue weighted by atomic mass is 10.0. The number of hydrogen-bond acceptors (Lipinski definition) is 4. The molecule has 0 unspecified atom stereocenters. The van der Waals surface area contributed by atoms with Gasteiger partial charge in [-0.1, -0.05) is 48.0 Å². The van der Waals surface area contributed by atoms with Crippen LogP contribution in [0.1, 0.15) is 22.4 Å². The molecule has 0 aliphatic rings. The highest BCUT2D eigenvalue weighted by atomic mass is 35.5. The van der Waals surface area contributed by atoms with E-state index in [-0.39, 0.29) is 0 Å². The van der Waals surface area contributed by atoms with Gasteiger partial charge >= 0.3 is 0 Å². The van der Waals surface area contributed by atoms with Gasteiger partial charge in [-0.2, -0.15) is 0 Å². The highest BCUT2D eigenvalue weighted by molar-refractivity contribution is 6.31. The van der Waals surface area contributed by atoms with Crippen LogP contribution in [-0.4, -0.2) is 31.0 Å². The zero-order valence-corrected chi connectivity index (χ0v) is 19.6. The molecule has 0 saturated carbocycles. The third-order valence-corrected chi connectivity index (χ3v) is 5.93. The van der Waals surface area contributed by atoms with Crippen molar-refractivity contribution in [2.45, 2.75) is 19.5 Å². The van der Waals surface area contributed by atoms with Crippen LogP contribution >= 0.6 is 11.6 Å². The number of halogens is 1. The number of nitrogens with zero attached hydrogens (tertiary/aromatic N) is 3. The monoisotopic (exact) mass is 444 g/mol. The van der Waals surface area contributed by atoms with Crippen LogP contribution in [0, 0.1) is 0 Å². The van der Waals surface area contributed by atoms with Crippen molar-refractivity contribution in [1.29, 1.82) is 0 Å². The average Bonchev–Trinajstić information content (AvgIpc) is 2.75. The first-order valence-corrected chi connectivity index (χ1v) is 11.1. The number of pyridine rings is 1.